The van der Waals surface area contributed by atoms with Crippen LogP contribution in [0.5, 0.6) is 0 Å². The summed E-state index contributed by atoms with van der Waals surface area (Å²) in [6.07, 6.45) is -0.896. The van der Waals surface area contributed by atoms with Gasteiger partial charge in [0.05, 0.1) is 6.10 Å². The van der Waals surface area contributed by atoms with Crippen molar-refractivity contribution in [2.45, 2.75) is 6.10 Å². The van der Waals surface area contributed by atoms with Gasteiger partial charge in [0.25, 0.3) is 0 Å². The van der Waals surface area contributed by atoms with Gasteiger partial charge in [0, 0.05) is 26.7 Å². The fourth-order valence-corrected chi connectivity index (χ4v) is 2.44. The summed E-state index contributed by atoms with van der Waals surface area (Å²) in [7, 11) is 0. The highest BCUT2D eigenvalue weighted by molar-refractivity contribution is 9.11. The molecule has 0 aliphatic heterocycles. The Hall–Kier alpha value is -0.910. The maximum Gasteiger partial charge on any atom is 0.129 e. The molecule has 0 saturated carbocycles. The molecular weight excluding hydrogens is 377 g/mol. The summed E-state index contributed by atoms with van der Waals surface area (Å²) >= 11 is 6.79. The minimum Gasteiger partial charge on any atom is -0.386 e. The Bertz CT molecular complexity index is 577. The standard InChI is InChI=1S/C14H12Br2FNO/c15-9-5-6-11(16)13(7-9)18-8-14(19)10-3-1-2-4-12(10)17/h1-7,14,18-19H,8H2. The molecule has 0 bridgehead atoms. The topological polar surface area (TPSA) is 32.3 Å². The van der Waals surface area contributed by atoms with Gasteiger partial charge >= 0.3 is 0 Å². The lowest BCUT2D eigenvalue weighted by molar-refractivity contribution is 0.186. The molecule has 5 heteroatoms. The third-order valence-electron chi connectivity index (χ3n) is 2.68. The van der Waals surface area contributed by atoms with Crippen molar-refractivity contribution in [3.05, 3.63) is 62.8 Å². The smallest absolute Gasteiger partial charge is 0.129 e. The molecule has 100 valence electrons. The summed E-state index contributed by atoms with van der Waals surface area (Å²) < 4.78 is 15.3. The van der Waals surface area contributed by atoms with E-state index in [1.807, 2.05) is 18.2 Å². The molecule has 0 heterocycles. The molecule has 0 radical (unpaired) electrons. The van der Waals surface area contributed by atoms with Gasteiger partial charge in [-0.25, -0.2) is 4.39 Å². The summed E-state index contributed by atoms with van der Waals surface area (Å²) in [6, 6.07) is 11.9. The van der Waals surface area contributed by atoms with Gasteiger partial charge < -0.3 is 10.4 Å². The Morgan fingerprint density at radius 2 is 1.89 bits per heavy atom. The number of rotatable bonds is 4. The van der Waals surface area contributed by atoms with Crippen LogP contribution in [0.3, 0.4) is 0 Å². The molecule has 1 unspecified atom stereocenters. The first-order valence-electron chi connectivity index (χ1n) is 5.69. The van der Waals surface area contributed by atoms with Crippen LogP contribution in [0, 0.1) is 5.82 Å². The second-order valence-electron chi connectivity index (χ2n) is 4.04. The van der Waals surface area contributed by atoms with Crippen LogP contribution in [0.15, 0.2) is 51.4 Å². The summed E-state index contributed by atoms with van der Waals surface area (Å²) in [5.74, 6) is -0.398. The predicted molar refractivity (Wildman–Crippen MR) is 81.7 cm³/mol. The van der Waals surface area contributed by atoms with Gasteiger partial charge in [-0.3, -0.25) is 0 Å². The van der Waals surface area contributed by atoms with E-state index in [0.717, 1.165) is 14.6 Å². The molecule has 0 saturated heterocycles. The first-order valence-corrected chi connectivity index (χ1v) is 7.28. The van der Waals surface area contributed by atoms with Crippen molar-refractivity contribution < 1.29 is 9.50 Å². The maximum atomic E-state index is 13.5. The van der Waals surface area contributed by atoms with Crippen molar-refractivity contribution >= 4 is 37.5 Å². The van der Waals surface area contributed by atoms with E-state index in [4.69, 9.17) is 0 Å². The Kier molecular flexibility index (Phi) is 4.96. The highest BCUT2D eigenvalue weighted by Crippen LogP contribution is 2.27. The van der Waals surface area contributed by atoms with Gasteiger partial charge in [-0.2, -0.15) is 0 Å². The number of aliphatic hydroxyl groups excluding tert-OH is 1. The largest absolute Gasteiger partial charge is 0.386 e. The number of hydrogen-bond donors (Lipinski definition) is 2. The second kappa shape index (κ2) is 6.50. The quantitative estimate of drug-likeness (QED) is 0.808. The fraction of sp³-hybridized carbons (Fsp3) is 0.143. The Labute approximate surface area is 127 Å². The third-order valence-corrected chi connectivity index (χ3v) is 3.86. The summed E-state index contributed by atoms with van der Waals surface area (Å²) in [5, 5.41) is 13.1. The van der Waals surface area contributed by atoms with E-state index in [1.165, 1.54) is 6.07 Å². The number of halogens is 3. The first-order chi connectivity index (χ1) is 9.08. The molecule has 0 aromatic heterocycles. The Balaban J connectivity index is 2.06. The molecule has 1 atom stereocenters. The van der Waals surface area contributed by atoms with Gasteiger partial charge in [0.1, 0.15) is 5.82 Å². The lowest BCUT2D eigenvalue weighted by Gasteiger charge is -2.15. The van der Waals surface area contributed by atoms with E-state index in [0.29, 0.717) is 5.56 Å². The van der Waals surface area contributed by atoms with Crippen molar-refractivity contribution in [2.75, 3.05) is 11.9 Å². The normalized spacial score (nSPS) is 12.2. The molecule has 0 aliphatic rings. The van der Waals surface area contributed by atoms with Gasteiger partial charge in [-0.05, 0) is 40.2 Å². The minimum absolute atomic E-state index is 0.232. The van der Waals surface area contributed by atoms with Gasteiger partial charge in [0.15, 0.2) is 0 Å². The molecule has 2 aromatic carbocycles. The molecule has 2 N–H and O–H groups in total. The molecule has 2 nitrogen and oxygen atoms in total. The van der Waals surface area contributed by atoms with E-state index in [9.17, 15) is 9.50 Å². The fourth-order valence-electron chi connectivity index (χ4n) is 1.69. The number of aliphatic hydroxyl groups is 1. The van der Waals surface area contributed by atoms with E-state index < -0.39 is 11.9 Å². The lowest BCUT2D eigenvalue weighted by Crippen LogP contribution is -2.13. The highest BCUT2D eigenvalue weighted by Gasteiger charge is 2.12. The molecule has 0 aliphatic carbocycles. The van der Waals surface area contributed by atoms with Crippen LogP contribution < -0.4 is 5.32 Å². The number of anilines is 1. The molecular formula is C14H12Br2FNO. The SMILES string of the molecule is OC(CNc1cc(Br)ccc1Br)c1ccccc1F. The maximum absolute atomic E-state index is 13.5. The van der Waals surface area contributed by atoms with Crippen molar-refractivity contribution in [3.8, 4) is 0 Å². The zero-order valence-corrected chi connectivity index (χ0v) is 13.1. The van der Waals surface area contributed by atoms with E-state index in [1.54, 1.807) is 18.2 Å². The molecule has 19 heavy (non-hydrogen) atoms. The zero-order chi connectivity index (χ0) is 13.8. The summed E-state index contributed by atoms with van der Waals surface area (Å²) in [5.41, 5.74) is 1.13. The highest BCUT2D eigenvalue weighted by atomic mass is 79.9. The molecule has 0 spiro atoms. The predicted octanol–water partition coefficient (Wildman–Crippen LogP) is 4.50. The molecule has 0 fully saturated rings. The third kappa shape index (κ3) is 3.78. The van der Waals surface area contributed by atoms with E-state index in [-0.39, 0.29) is 6.54 Å². The van der Waals surface area contributed by atoms with Crippen LogP contribution in [0.25, 0.3) is 0 Å². The number of nitrogens with one attached hydrogen (secondary N) is 1. The number of benzene rings is 2. The van der Waals surface area contributed by atoms with Crippen LogP contribution in [-0.4, -0.2) is 11.7 Å². The van der Waals surface area contributed by atoms with Crippen LogP contribution in [0.2, 0.25) is 0 Å². The van der Waals surface area contributed by atoms with Gasteiger partial charge in [0.2, 0.25) is 0 Å². The average Bonchev–Trinajstić information content (AvgIpc) is 2.40. The molecule has 0 amide bonds. The Morgan fingerprint density at radius 1 is 1.16 bits per heavy atom. The monoisotopic (exact) mass is 387 g/mol. The number of hydrogen-bond acceptors (Lipinski definition) is 2. The van der Waals surface area contributed by atoms with E-state index >= 15 is 0 Å². The first kappa shape index (κ1) is 14.5. The van der Waals surface area contributed by atoms with Crippen LogP contribution >= 0.6 is 31.9 Å². The van der Waals surface area contributed by atoms with Gasteiger partial charge in [-0.1, -0.05) is 34.1 Å². The molecule has 2 rings (SSSR count). The van der Waals surface area contributed by atoms with Crippen molar-refractivity contribution in [1.29, 1.82) is 0 Å². The molecule has 2 aromatic rings. The lowest BCUT2D eigenvalue weighted by atomic mass is 10.1. The zero-order valence-electron chi connectivity index (χ0n) is 9.91. The average molecular weight is 389 g/mol. The second-order valence-corrected chi connectivity index (χ2v) is 5.81. The van der Waals surface area contributed by atoms with Crippen molar-refractivity contribution in [3.63, 3.8) is 0 Å². The van der Waals surface area contributed by atoms with Crippen molar-refractivity contribution in [2.24, 2.45) is 0 Å². The summed E-state index contributed by atoms with van der Waals surface area (Å²) in [6.45, 7) is 0.232. The van der Waals surface area contributed by atoms with Crippen LogP contribution in [0.1, 0.15) is 11.7 Å². The van der Waals surface area contributed by atoms with Crippen LogP contribution in [-0.2, 0) is 0 Å². The van der Waals surface area contributed by atoms with Gasteiger partial charge in [-0.15, -0.1) is 0 Å². The summed E-state index contributed by atoms with van der Waals surface area (Å²) in [4.78, 5) is 0. The van der Waals surface area contributed by atoms with Crippen LogP contribution in [0.4, 0.5) is 10.1 Å². The Morgan fingerprint density at radius 3 is 2.63 bits per heavy atom. The minimum atomic E-state index is -0.896. The van der Waals surface area contributed by atoms with E-state index in [2.05, 4.69) is 37.2 Å². The van der Waals surface area contributed by atoms with Crippen molar-refractivity contribution in [1.82, 2.24) is 0 Å².